The molecule has 1 aliphatic heterocycles. The van der Waals surface area contributed by atoms with Crippen LogP contribution in [0.2, 0.25) is 0 Å². The molecule has 19 heavy (non-hydrogen) atoms. The number of amides is 1. The average Bonchev–Trinajstić information content (AvgIpc) is 2.46. The minimum atomic E-state index is 0.119. The van der Waals surface area contributed by atoms with Crippen LogP contribution in [0, 0.1) is 5.41 Å². The highest BCUT2D eigenvalue weighted by molar-refractivity contribution is 5.95. The fourth-order valence-electron chi connectivity index (χ4n) is 3.00. The molecule has 1 heterocycles. The van der Waals surface area contributed by atoms with Crippen LogP contribution >= 0.6 is 0 Å². The van der Waals surface area contributed by atoms with Crippen molar-refractivity contribution in [2.24, 2.45) is 5.41 Å². The molecule has 0 unspecified atom stereocenters. The van der Waals surface area contributed by atoms with E-state index in [0.29, 0.717) is 16.7 Å². The van der Waals surface area contributed by atoms with Crippen molar-refractivity contribution in [1.82, 2.24) is 4.90 Å². The topological polar surface area (TPSA) is 46.3 Å². The van der Waals surface area contributed by atoms with E-state index in [0.717, 1.165) is 25.9 Å². The normalized spacial score (nSPS) is 18.3. The van der Waals surface area contributed by atoms with Gasteiger partial charge < -0.3 is 10.6 Å². The van der Waals surface area contributed by atoms with Crippen LogP contribution in [-0.4, -0.2) is 23.9 Å². The largest absolute Gasteiger partial charge is 0.399 e. The van der Waals surface area contributed by atoms with Gasteiger partial charge in [-0.05, 0) is 36.5 Å². The van der Waals surface area contributed by atoms with Crippen molar-refractivity contribution < 1.29 is 4.79 Å². The standard InChI is InChI=1S/C16H24N2O/c1-3-16(4-2)8-10-18(11-9-16)15(19)13-6-5-7-14(17)12-13/h5-7,12H,3-4,8-11,17H2,1-2H3. The predicted molar refractivity (Wildman–Crippen MR) is 79.0 cm³/mol. The first-order chi connectivity index (χ1) is 9.10. The maximum Gasteiger partial charge on any atom is 0.253 e. The number of nitrogen functional groups attached to an aromatic ring is 1. The van der Waals surface area contributed by atoms with Crippen LogP contribution in [-0.2, 0) is 0 Å². The van der Waals surface area contributed by atoms with E-state index in [4.69, 9.17) is 5.73 Å². The fraction of sp³-hybridized carbons (Fsp3) is 0.562. The molecule has 1 fully saturated rings. The zero-order chi connectivity index (χ0) is 13.9. The summed E-state index contributed by atoms with van der Waals surface area (Å²) in [6.07, 6.45) is 4.66. The van der Waals surface area contributed by atoms with E-state index in [1.807, 2.05) is 23.1 Å². The average molecular weight is 260 g/mol. The van der Waals surface area contributed by atoms with Crippen molar-refractivity contribution in [2.45, 2.75) is 39.5 Å². The van der Waals surface area contributed by atoms with E-state index in [-0.39, 0.29) is 5.91 Å². The second kappa shape index (κ2) is 5.64. The smallest absolute Gasteiger partial charge is 0.253 e. The van der Waals surface area contributed by atoms with Gasteiger partial charge in [0.15, 0.2) is 0 Å². The molecule has 0 radical (unpaired) electrons. The van der Waals surface area contributed by atoms with Gasteiger partial charge in [-0.3, -0.25) is 4.79 Å². The Labute approximate surface area is 115 Å². The minimum Gasteiger partial charge on any atom is -0.399 e. The molecule has 1 aromatic carbocycles. The number of hydrogen-bond donors (Lipinski definition) is 1. The molecule has 3 nitrogen and oxygen atoms in total. The summed E-state index contributed by atoms with van der Waals surface area (Å²) in [5.41, 5.74) is 7.55. The number of hydrogen-bond acceptors (Lipinski definition) is 2. The Hall–Kier alpha value is -1.51. The summed E-state index contributed by atoms with van der Waals surface area (Å²) in [5.74, 6) is 0.119. The zero-order valence-electron chi connectivity index (χ0n) is 12.0. The lowest BCUT2D eigenvalue weighted by atomic mass is 9.74. The van der Waals surface area contributed by atoms with Crippen LogP contribution in [0.25, 0.3) is 0 Å². The number of likely N-dealkylation sites (tertiary alicyclic amines) is 1. The predicted octanol–water partition coefficient (Wildman–Crippen LogP) is 3.31. The molecule has 104 valence electrons. The molecule has 1 saturated heterocycles. The lowest BCUT2D eigenvalue weighted by Crippen LogP contribution is -2.42. The van der Waals surface area contributed by atoms with Crippen LogP contribution in [0.3, 0.4) is 0 Å². The molecule has 1 aliphatic rings. The third-order valence-corrected chi connectivity index (χ3v) is 4.74. The number of nitrogens with two attached hydrogens (primary N) is 1. The van der Waals surface area contributed by atoms with Crippen molar-refractivity contribution in [3.8, 4) is 0 Å². The number of rotatable bonds is 3. The number of carbonyl (C=O) groups excluding carboxylic acids is 1. The molecule has 3 heteroatoms. The van der Waals surface area contributed by atoms with E-state index < -0.39 is 0 Å². The SMILES string of the molecule is CCC1(CC)CCN(C(=O)c2cccc(N)c2)CC1. The molecule has 1 aromatic rings. The summed E-state index contributed by atoms with van der Waals surface area (Å²) in [6.45, 7) is 6.27. The Kier molecular flexibility index (Phi) is 4.13. The first-order valence-electron chi connectivity index (χ1n) is 7.25. The number of carbonyl (C=O) groups is 1. The van der Waals surface area contributed by atoms with E-state index >= 15 is 0 Å². The van der Waals surface area contributed by atoms with E-state index in [1.165, 1.54) is 12.8 Å². The molecule has 2 rings (SSSR count). The third-order valence-electron chi connectivity index (χ3n) is 4.74. The van der Waals surface area contributed by atoms with Gasteiger partial charge in [0, 0.05) is 24.3 Å². The first kappa shape index (κ1) is 13.9. The summed E-state index contributed by atoms with van der Waals surface area (Å²) < 4.78 is 0. The van der Waals surface area contributed by atoms with Crippen LogP contribution in [0.5, 0.6) is 0 Å². The summed E-state index contributed by atoms with van der Waals surface area (Å²) in [7, 11) is 0. The lowest BCUT2D eigenvalue weighted by Gasteiger charge is -2.41. The van der Waals surface area contributed by atoms with Gasteiger partial charge in [0.1, 0.15) is 0 Å². The lowest BCUT2D eigenvalue weighted by molar-refractivity contribution is 0.0558. The fourth-order valence-corrected chi connectivity index (χ4v) is 3.00. The van der Waals surface area contributed by atoms with Crippen molar-refractivity contribution in [3.05, 3.63) is 29.8 Å². The van der Waals surface area contributed by atoms with Crippen molar-refractivity contribution in [2.75, 3.05) is 18.8 Å². The Balaban J connectivity index is 2.04. The Morgan fingerprint density at radius 2 is 1.89 bits per heavy atom. The first-order valence-corrected chi connectivity index (χ1v) is 7.25. The number of benzene rings is 1. The molecule has 0 spiro atoms. The second-order valence-electron chi connectivity index (χ2n) is 5.62. The zero-order valence-corrected chi connectivity index (χ0v) is 12.0. The molecule has 0 aromatic heterocycles. The highest BCUT2D eigenvalue weighted by Crippen LogP contribution is 2.38. The van der Waals surface area contributed by atoms with Gasteiger partial charge in [-0.15, -0.1) is 0 Å². The molecule has 0 saturated carbocycles. The summed E-state index contributed by atoms with van der Waals surface area (Å²) in [4.78, 5) is 14.4. The minimum absolute atomic E-state index is 0.119. The maximum atomic E-state index is 12.4. The summed E-state index contributed by atoms with van der Waals surface area (Å²) in [5, 5.41) is 0. The number of piperidine rings is 1. The van der Waals surface area contributed by atoms with Crippen LogP contribution < -0.4 is 5.73 Å². The summed E-state index contributed by atoms with van der Waals surface area (Å²) >= 11 is 0. The molecule has 2 N–H and O–H groups in total. The highest BCUT2D eigenvalue weighted by Gasteiger charge is 2.33. The monoisotopic (exact) mass is 260 g/mol. The Morgan fingerprint density at radius 3 is 2.42 bits per heavy atom. The van der Waals surface area contributed by atoms with Crippen LogP contribution in [0.1, 0.15) is 49.9 Å². The van der Waals surface area contributed by atoms with Gasteiger partial charge in [0.2, 0.25) is 0 Å². The molecule has 0 aliphatic carbocycles. The molecule has 0 atom stereocenters. The van der Waals surface area contributed by atoms with Gasteiger partial charge >= 0.3 is 0 Å². The third kappa shape index (κ3) is 2.91. The van der Waals surface area contributed by atoms with E-state index in [2.05, 4.69) is 13.8 Å². The molecular formula is C16H24N2O. The maximum absolute atomic E-state index is 12.4. The van der Waals surface area contributed by atoms with Crippen molar-refractivity contribution in [1.29, 1.82) is 0 Å². The number of nitrogens with zero attached hydrogens (tertiary/aromatic N) is 1. The molecule has 1 amide bonds. The van der Waals surface area contributed by atoms with Crippen molar-refractivity contribution in [3.63, 3.8) is 0 Å². The highest BCUT2D eigenvalue weighted by atomic mass is 16.2. The second-order valence-corrected chi connectivity index (χ2v) is 5.62. The van der Waals surface area contributed by atoms with E-state index in [9.17, 15) is 4.79 Å². The molecular weight excluding hydrogens is 236 g/mol. The van der Waals surface area contributed by atoms with Gasteiger partial charge in [0.25, 0.3) is 5.91 Å². The van der Waals surface area contributed by atoms with Gasteiger partial charge in [0.05, 0.1) is 0 Å². The quantitative estimate of drug-likeness (QED) is 0.847. The number of anilines is 1. The summed E-state index contributed by atoms with van der Waals surface area (Å²) in [6, 6.07) is 7.27. The van der Waals surface area contributed by atoms with E-state index in [1.54, 1.807) is 6.07 Å². The van der Waals surface area contributed by atoms with Crippen LogP contribution in [0.15, 0.2) is 24.3 Å². The van der Waals surface area contributed by atoms with Gasteiger partial charge in [-0.25, -0.2) is 0 Å². The Morgan fingerprint density at radius 1 is 1.26 bits per heavy atom. The van der Waals surface area contributed by atoms with Gasteiger partial charge in [-0.1, -0.05) is 32.8 Å². The molecule has 0 bridgehead atoms. The van der Waals surface area contributed by atoms with Crippen molar-refractivity contribution >= 4 is 11.6 Å². The van der Waals surface area contributed by atoms with Crippen LogP contribution in [0.4, 0.5) is 5.69 Å². The van der Waals surface area contributed by atoms with Gasteiger partial charge in [-0.2, -0.15) is 0 Å². The Bertz CT molecular complexity index is 442.